The highest BCUT2D eigenvalue weighted by Crippen LogP contribution is 2.26. The van der Waals surface area contributed by atoms with Gasteiger partial charge >= 0.3 is 6.09 Å². The number of rotatable bonds is 5. The second-order valence-electron chi connectivity index (χ2n) is 7.51. The van der Waals surface area contributed by atoms with E-state index in [0.29, 0.717) is 23.4 Å². The van der Waals surface area contributed by atoms with Crippen molar-refractivity contribution in [2.75, 3.05) is 12.4 Å². The predicted molar refractivity (Wildman–Crippen MR) is 114 cm³/mol. The zero-order valence-electron chi connectivity index (χ0n) is 17.0. The van der Waals surface area contributed by atoms with E-state index in [1.54, 1.807) is 30.3 Å². The Morgan fingerprint density at radius 2 is 1.87 bits per heavy atom. The number of benzene rings is 2. The van der Waals surface area contributed by atoms with E-state index in [2.05, 4.69) is 16.1 Å². The van der Waals surface area contributed by atoms with E-state index in [0.717, 1.165) is 31.2 Å². The first-order chi connectivity index (χ1) is 14.5. The van der Waals surface area contributed by atoms with Gasteiger partial charge in [-0.3, -0.25) is 10.1 Å². The maximum absolute atomic E-state index is 13.4. The van der Waals surface area contributed by atoms with Gasteiger partial charge in [-0.2, -0.15) is 5.26 Å². The number of nitriles is 1. The summed E-state index contributed by atoms with van der Waals surface area (Å²) in [6.45, 7) is 0.412. The van der Waals surface area contributed by atoms with E-state index >= 15 is 0 Å². The van der Waals surface area contributed by atoms with Gasteiger partial charge in [0.2, 0.25) is 0 Å². The number of methoxy groups -OCH3 is 1. The highest BCUT2D eigenvalue weighted by molar-refractivity contribution is 5.94. The molecule has 0 aliphatic heterocycles. The number of anilines is 1. The van der Waals surface area contributed by atoms with Gasteiger partial charge in [-0.05, 0) is 67.6 Å². The fourth-order valence-corrected chi connectivity index (χ4v) is 3.75. The fraction of sp³-hybridized carbons (Fsp3) is 0.348. The number of hydrogen-bond acceptors (Lipinski definition) is 5. The van der Waals surface area contributed by atoms with Gasteiger partial charge in [0, 0.05) is 29.9 Å². The second-order valence-corrected chi connectivity index (χ2v) is 7.51. The molecular weight excluding hydrogens is 380 g/mol. The van der Waals surface area contributed by atoms with Crippen LogP contribution in [0.25, 0.3) is 0 Å². The number of nitrogens with two attached hydrogens (primary N) is 1. The minimum atomic E-state index is -0.543. The zero-order chi connectivity index (χ0) is 21.5. The summed E-state index contributed by atoms with van der Waals surface area (Å²) in [4.78, 5) is 26.7. The number of nitrogens with zero attached hydrogens (tertiary/aromatic N) is 2. The summed E-state index contributed by atoms with van der Waals surface area (Å²) in [5, 5.41) is 11.7. The van der Waals surface area contributed by atoms with Crippen LogP contribution in [0.5, 0.6) is 0 Å². The number of amides is 2. The SMILES string of the molecule is COC(=O)Nc1cccc(CN(C(=O)c2ccc(C#N)cc2)C2CCC(N)CC2)c1. The van der Waals surface area contributed by atoms with Gasteiger partial charge in [0.25, 0.3) is 5.91 Å². The Labute approximate surface area is 176 Å². The van der Waals surface area contributed by atoms with Gasteiger partial charge in [-0.15, -0.1) is 0 Å². The van der Waals surface area contributed by atoms with E-state index in [1.165, 1.54) is 7.11 Å². The molecule has 156 valence electrons. The molecule has 1 fully saturated rings. The Morgan fingerprint density at radius 3 is 2.50 bits per heavy atom. The van der Waals surface area contributed by atoms with E-state index in [4.69, 9.17) is 11.0 Å². The van der Waals surface area contributed by atoms with Gasteiger partial charge in [0.05, 0.1) is 18.7 Å². The van der Waals surface area contributed by atoms with Crippen molar-refractivity contribution < 1.29 is 14.3 Å². The largest absolute Gasteiger partial charge is 0.453 e. The third-order valence-electron chi connectivity index (χ3n) is 5.42. The molecule has 2 amide bonds. The molecule has 1 aliphatic rings. The lowest BCUT2D eigenvalue weighted by Gasteiger charge is -2.36. The molecule has 2 aromatic carbocycles. The molecule has 1 saturated carbocycles. The third-order valence-corrected chi connectivity index (χ3v) is 5.42. The normalized spacial score (nSPS) is 18.2. The van der Waals surface area contributed by atoms with Gasteiger partial charge in [0.1, 0.15) is 0 Å². The topological polar surface area (TPSA) is 108 Å². The number of ether oxygens (including phenoxy) is 1. The molecule has 0 unspecified atom stereocenters. The second kappa shape index (κ2) is 9.90. The molecule has 0 atom stereocenters. The summed E-state index contributed by atoms with van der Waals surface area (Å²) in [6.07, 6.45) is 2.92. The van der Waals surface area contributed by atoms with Gasteiger partial charge in [0.15, 0.2) is 0 Å². The first-order valence-electron chi connectivity index (χ1n) is 10.0. The van der Waals surface area contributed by atoms with Crippen LogP contribution in [0.4, 0.5) is 10.5 Å². The number of carbonyl (C=O) groups is 2. The lowest BCUT2D eigenvalue weighted by molar-refractivity contribution is 0.0606. The Hall–Kier alpha value is -3.37. The molecule has 0 heterocycles. The maximum Gasteiger partial charge on any atom is 0.411 e. The standard InChI is InChI=1S/C23H26N4O3/c1-30-23(29)26-20-4-2-3-17(13-20)15-27(21-11-9-19(25)10-12-21)22(28)18-7-5-16(14-24)6-8-18/h2-8,13,19,21H,9-12,15,25H2,1H3,(H,26,29). The number of carbonyl (C=O) groups excluding carboxylic acids is 2. The first-order valence-corrected chi connectivity index (χ1v) is 10.0. The van der Waals surface area contributed by atoms with Crippen LogP contribution in [0, 0.1) is 11.3 Å². The molecule has 30 heavy (non-hydrogen) atoms. The van der Waals surface area contributed by atoms with E-state index in [-0.39, 0.29) is 18.0 Å². The van der Waals surface area contributed by atoms with Crippen molar-refractivity contribution in [1.29, 1.82) is 5.26 Å². The van der Waals surface area contributed by atoms with Crippen molar-refractivity contribution in [1.82, 2.24) is 4.90 Å². The van der Waals surface area contributed by atoms with E-state index in [1.807, 2.05) is 23.1 Å². The Kier molecular flexibility index (Phi) is 7.04. The first kappa shape index (κ1) is 21.3. The summed E-state index contributed by atoms with van der Waals surface area (Å²) >= 11 is 0. The van der Waals surface area contributed by atoms with Crippen LogP contribution in [0.3, 0.4) is 0 Å². The van der Waals surface area contributed by atoms with Crippen LogP contribution >= 0.6 is 0 Å². The molecule has 0 saturated heterocycles. The van der Waals surface area contributed by atoms with Crippen molar-refractivity contribution in [2.45, 2.75) is 44.3 Å². The van der Waals surface area contributed by atoms with E-state index < -0.39 is 6.09 Å². The quantitative estimate of drug-likeness (QED) is 0.788. The molecule has 7 heteroatoms. The zero-order valence-corrected chi connectivity index (χ0v) is 17.0. The van der Waals surface area contributed by atoms with Crippen LogP contribution in [-0.2, 0) is 11.3 Å². The summed E-state index contributed by atoms with van der Waals surface area (Å²) in [6, 6.07) is 16.4. The number of nitrogens with one attached hydrogen (secondary N) is 1. The third kappa shape index (κ3) is 5.37. The molecule has 0 aromatic heterocycles. The Bertz CT molecular complexity index is 928. The number of hydrogen-bond donors (Lipinski definition) is 2. The minimum Gasteiger partial charge on any atom is -0.453 e. The highest BCUT2D eigenvalue weighted by Gasteiger charge is 2.28. The van der Waals surface area contributed by atoms with Crippen LogP contribution in [0.15, 0.2) is 48.5 Å². The Morgan fingerprint density at radius 1 is 1.17 bits per heavy atom. The van der Waals surface area contributed by atoms with Crippen molar-refractivity contribution in [3.8, 4) is 6.07 Å². The van der Waals surface area contributed by atoms with Crippen LogP contribution in [0.1, 0.15) is 47.2 Å². The van der Waals surface area contributed by atoms with Crippen LogP contribution in [0.2, 0.25) is 0 Å². The van der Waals surface area contributed by atoms with Crippen molar-refractivity contribution in [3.05, 3.63) is 65.2 Å². The summed E-state index contributed by atoms with van der Waals surface area (Å²) in [5.74, 6) is -0.0775. The molecule has 7 nitrogen and oxygen atoms in total. The van der Waals surface area contributed by atoms with E-state index in [9.17, 15) is 9.59 Å². The van der Waals surface area contributed by atoms with Crippen LogP contribution < -0.4 is 11.1 Å². The minimum absolute atomic E-state index is 0.0775. The summed E-state index contributed by atoms with van der Waals surface area (Å²) < 4.78 is 4.65. The van der Waals surface area contributed by atoms with Crippen molar-refractivity contribution in [3.63, 3.8) is 0 Å². The molecule has 0 spiro atoms. The summed E-state index contributed by atoms with van der Waals surface area (Å²) in [7, 11) is 1.31. The smallest absolute Gasteiger partial charge is 0.411 e. The lowest BCUT2D eigenvalue weighted by atomic mass is 9.90. The lowest BCUT2D eigenvalue weighted by Crippen LogP contribution is -2.43. The molecule has 0 bridgehead atoms. The van der Waals surface area contributed by atoms with Gasteiger partial charge in [-0.25, -0.2) is 4.79 Å². The van der Waals surface area contributed by atoms with Crippen molar-refractivity contribution >= 4 is 17.7 Å². The average Bonchev–Trinajstić information content (AvgIpc) is 2.78. The highest BCUT2D eigenvalue weighted by atomic mass is 16.5. The molecule has 1 aliphatic carbocycles. The molecule has 2 aromatic rings. The maximum atomic E-state index is 13.4. The van der Waals surface area contributed by atoms with Crippen LogP contribution in [-0.4, -0.2) is 36.1 Å². The van der Waals surface area contributed by atoms with Crippen molar-refractivity contribution in [2.24, 2.45) is 5.73 Å². The monoisotopic (exact) mass is 406 g/mol. The average molecular weight is 406 g/mol. The molecular formula is C23H26N4O3. The Balaban J connectivity index is 1.84. The molecule has 3 rings (SSSR count). The predicted octanol–water partition coefficient (Wildman–Crippen LogP) is 3.65. The molecule has 0 radical (unpaired) electrons. The van der Waals surface area contributed by atoms with Gasteiger partial charge in [-0.1, -0.05) is 12.1 Å². The fourth-order valence-electron chi connectivity index (χ4n) is 3.75. The summed E-state index contributed by atoms with van der Waals surface area (Å²) in [5.41, 5.74) is 8.64. The van der Waals surface area contributed by atoms with Gasteiger partial charge < -0.3 is 15.4 Å². The molecule has 3 N–H and O–H groups in total.